The van der Waals surface area contributed by atoms with E-state index < -0.39 is 35.6 Å². The molecule has 3 heterocycles. The molecule has 2 fully saturated rings. The van der Waals surface area contributed by atoms with Gasteiger partial charge in [-0.1, -0.05) is 47.5 Å². The molecule has 2 N–H and O–H groups in total. The summed E-state index contributed by atoms with van der Waals surface area (Å²) in [6, 6.07) is 0. The van der Waals surface area contributed by atoms with E-state index >= 15 is 0 Å². The van der Waals surface area contributed by atoms with Crippen LogP contribution in [-0.4, -0.2) is 63.4 Å². The zero-order chi connectivity index (χ0) is 30.3. The molecule has 3 rings (SSSR count). The highest BCUT2D eigenvalue weighted by molar-refractivity contribution is 7.09. The molecule has 2 aliphatic rings. The van der Waals surface area contributed by atoms with Gasteiger partial charge in [-0.25, -0.2) is 4.98 Å². The van der Waals surface area contributed by atoms with Crippen molar-refractivity contribution in [2.24, 2.45) is 17.3 Å². The first-order valence-corrected chi connectivity index (χ1v) is 15.7. The van der Waals surface area contributed by atoms with Crippen molar-refractivity contribution < 1.29 is 38.8 Å². The molecule has 0 aliphatic carbocycles. The third-order valence-electron chi connectivity index (χ3n) is 8.44. The first-order valence-electron chi connectivity index (χ1n) is 14.9. The number of esters is 2. The van der Waals surface area contributed by atoms with Gasteiger partial charge in [-0.2, -0.15) is 0 Å². The van der Waals surface area contributed by atoms with Crippen LogP contribution in [0.1, 0.15) is 104 Å². The minimum absolute atomic E-state index is 0.0538. The molecule has 2 saturated heterocycles. The van der Waals surface area contributed by atoms with Crippen LogP contribution in [-0.2, 0) is 35.2 Å². The number of aliphatic hydroxyl groups is 2. The molecule has 0 radical (unpaired) electrons. The number of aliphatic hydroxyl groups excluding tert-OH is 2. The molecule has 10 heteroatoms. The summed E-state index contributed by atoms with van der Waals surface area (Å²) < 4.78 is 17.1. The summed E-state index contributed by atoms with van der Waals surface area (Å²) in [6.45, 7) is 10.8. The van der Waals surface area contributed by atoms with E-state index in [9.17, 15) is 24.6 Å². The Hall–Kier alpha value is -2.14. The highest BCUT2D eigenvalue weighted by Crippen LogP contribution is 2.36. The van der Waals surface area contributed by atoms with Crippen LogP contribution in [0.4, 0.5) is 0 Å². The summed E-state index contributed by atoms with van der Waals surface area (Å²) in [6.07, 6.45) is 3.82. The van der Waals surface area contributed by atoms with Crippen LogP contribution in [0.25, 0.3) is 6.08 Å². The highest BCUT2D eigenvalue weighted by atomic mass is 32.1. The number of aromatic nitrogens is 1. The van der Waals surface area contributed by atoms with E-state index in [1.807, 2.05) is 32.2 Å². The Bertz CT molecular complexity index is 1080. The lowest BCUT2D eigenvalue weighted by atomic mass is 9.73. The zero-order valence-corrected chi connectivity index (χ0v) is 26.1. The van der Waals surface area contributed by atoms with Crippen molar-refractivity contribution in [1.82, 2.24) is 4.98 Å². The van der Waals surface area contributed by atoms with Crippen LogP contribution in [0.5, 0.6) is 0 Å². The predicted molar refractivity (Wildman–Crippen MR) is 156 cm³/mol. The standard InChI is InChI=1S/C31H47NO8S/c1-7-8-12-27(34)38-16-26-32-21(17-41-26)13-19(3)23-14-24-22(39-24)11-9-10-18(2)29(36)20(4)30(37)31(5,6)25(33)15-28(35)40-23/h13,17-18,20,22-25,29,33,36H,7-12,14-16H2,1-6H3/t18-,20+,22+,23-,24-,25-,29-/m0/s1. The van der Waals surface area contributed by atoms with Gasteiger partial charge in [0, 0.05) is 24.1 Å². The molecule has 2 aliphatic heterocycles. The number of fused-ring (bicyclic) bond motifs is 1. The number of nitrogens with zero attached hydrogens (tertiary/aromatic N) is 1. The number of hydrogen-bond donors (Lipinski definition) is 2. The van der Waals surface area contributed by atoms with Gasteiger partial charge in [0.1, 0.15) is 23.5 Å². The Labute approximate surface area is 247 Å². The molecule has 230 valence electrons. The van der Waals surface area contributed by atoms with Crippen LogP contribution in [0.2, 0.25) is 0 Å². The largest absolute Gasteiger partial charge is 0.458 e. The molecule has 0 aromatic carbocycles. The van der Waals surface area contributed by atoms with Gasteiger partial charge in [-0.15, -0.1) is 11.3 Å². The maximum Gasteiger partial charge on any atom is 0.309 e. The number of cyclic esters (lactones) is 1. The van der Waals surface area contributed by atoms with Gasteiger partial charge in [0.05, 0.1) is 41.9 Å². The molecule has 0 amide bonds. The number of carbonyl (C=O) groups is 3. The van der Waals surface area contributed by atoms with Crippen LogP contribution in [0.15, 0.2) is 11.0 Å². The van der Waals surface area contributed by atoms with Gasteiger partial charge in [0.15, 0.2) is 0 Å². The topological polar surface area (TPSA) is 136 Å². The maximum atomic E-state index is 13.3. The summed E-state index contributed by atoms with van der Waals surface area (Å²) in [5, 5.41) is 24.3. The summed E-state index contributed by atoms with van der Waals surface area (Å²) in [4.78, 5) is 42.7. The Balaban J connectivity index is 1.74. The first-order chi connectivity index (χ1) is 19.3. The number of rotatable bonds is 7. The SMILES string of the molecule is CCCCC(=O)OCc1nc(C=C(C)[C@@H]2C[C@@H]3O[C@@H]3CCC[C@H](C)[C@H](O)[C@@H](C)C(=O)C(C)(C)[C@@H](O)CC(=O)O2)cs1. The summed E-state index contributed by atoms with van der Waals surface area (Å²) in [5.41, 5.74) is 0.218. The molecule has 0 saturated carbocycles. The molecule has 1 aromatic rings. The summed E-state index contributed by atoms with van der Waals surface area (Å²) in [7, 11) is 0. The van der Waals surface area contributed by atoms with E-state index in [2.05, 4.69) is 4.98 Å². The fourth-order valence-electron chi connectivity index (χ4n) is 5.33. The second-order valence-corrected chi connectivity index (χ2v) is 13.2. The average molecular weight is 594 g/mol. The highest BCUT2D eigenvalue weighted by Gasteiger charge is 2.44. The van der Waals surface area contributed by atoms with Crippen LogP contribution in [0, 0.1) is 17.3 Å². The zero-order valence-electron chi connectivity index (χ0n) is 25.3. The molecule has 9 nitrogen and oxygen atoms in total. The van der Waals surface area contributed by atoms with Gasteiger partial charge < -0.3 is 24.4 Å². The minimum atomic E-state index is -1.27. The van der Waals surface area contributed by atoms with Crippen molar-refractivity contribution in [3.63, 3.8) is 0 Å². The lowest BCUT2D eigenvalue weighted by Gasteiger charge is -2.34. The van der Waals surface area contributed by atoms with E-state index in [0.717, 1.165) is 37.7 Å². The second kappa shape index (κ2) is 14.8. The van der Waals surface area contributed by atoms with Crippen molar-refractivity contribution in [2.75, 3.05) is 0 Å². The number of hydrogen-bond acceptors (Lipinski definition) is 10. The van der Waals surface area contributed by atoms with Crippen LogP contribution < -0.4 is 0 Å². The van der Waals surface area contributed by atoms with Gasteiger partial charge >= 0.3 is 11.9 Å². The fraction of sp³-hybridized carbons (Fsp3) is 0.742. The predicted octanol–water partition coefficient (Wildman–Crippen LogP) is 5.01. The number of ether oxygens (including phenoxy) is 3. The number of epoxide rings is 1. The number of carbonyl (C=O) groups excluding carboxylic acids is 3. The number of thiazole rings is 1. The Morgan fingerprint density at radius 2 is 1.95 bits per heavy atom. The minimum Gasteiger partial charge on any atom is -0.458 e. The van der Waals surface area contributed by atoms with E-state index in [-0.39, 0.29) is 42.9 Å². The van der Waals surface area contributed by atoms with Crippen molar-refractivity contribution >= 4 is 35.1 Å². The van der Waals surface area contributed by atoms with Crippen molar-refractivity contribution in [3.05, 3.63) is 21.7 Å². The molecule has 0 bridgehead atoms. The lowest BCUT2D eigenvalue weighted by Crippen LogP contribution is -2.45. The monoisotopic (exact) mass is 593 g/mol. The number of unbranched alkanes of at least 4 members (excludes halogenated alkanes) is 1. The van der Waals surface area contributed by atoms with E-state index in [0.29, 0.717) is 23.5 Å². The lowest BCUT2D eigenvalue weighted by molar-refractivity contribution is -0.154. The average Bonchev–Trinajstić information content (AvgIpc) is 3.51. The van der Waals surface area contributed by atoms with Gasteiger partial charge in [-0.3, -0.25) is 14.4 Å². The van der Waals surface area contributed by atoms with E-state index in [4.69, 9.17) is 14.2 Å². The van der Waals surface area contributed by atoms with E-state index in [1.54, 1.807) is 20.8 Å². The molecule has 0 spiro atoms. The number of Topliss-reactive ketones (excluding diaryl/α,β-unsaturated/α-hetero) is 1. The molecule has 0 unspecified atom stereocenters. The van der Waals surface area contributed by atoms with Crippen LogP contribution in [0.3, 0.4) is 0 Å². The van der Waals surface area contributed by atoms with Gasteiger partial charge in [0.25, 0.3) is 0 Å². The van der Waals surface area contributed by atoms with Crippen molar-refractivity contribution in [2.45, 2.75) is 130 Å². The molecule has 7 atom stereocenters. The van der Waals surface area contributed by atoms with E-state index in [1.165, 1.54) is 11.3 Å². The summed E-state index contributed by atoms with van der Waals surface area (Å²) in [5.74, 6) is -1.89. The normalized spacial score (nSPS) is 31.7. The third kappa shape index (κ3) is 9.43. The number of ketones is 1. The quantitative estimate of drug-likeness (QED) is 0.330. The third-order valence-corrected chi connectivity index (χ3v) is 9.28. The Kier molecular flexibility index (Phi) is 12.1. The Morgan fingerprint density at radius 1 is 1.22 bits per heavy atom. The smallest absolute Gasteiger partial charge is 0.309 e. The van der Waals surface area contributed by atoms with Crippen molar-refractivity contribution in [1.29, 1.82) is 0 Å². The van der Waals surface area contributed by atoms with Crippen LogP contribution >= 0.6 is 11.3 Å². The fourth-order valence-corrected chi connectivity index (χ4v) is 5.99. The molecular weight excluding hydrogens is 546 g/mol. The molecule has 1 aromatic heterocycles. The summed E-state index contributed by atoms with van der Waals surface area (Å²) >= 11 is 1.39. The van der Waals surface area contributed by atoms with Gasteiger partial charge in [0.2, 0.25) is 0 Å². The maximum absolute atomic E-state index is 13.3. The molecule has 41 heavy (non-hydrogen) atoms. The first kappa shape index (κ1) is 33.4. The van der Waals surface area contributed by atoms with Crippen molar-refractivity contribution in [3.8, 4) is 0 Å². The second-order valence-electron chi connectivity index (χ2n) is 12.2. The molecular formula is C31H47NO8S. The Morgan fingerprint density at radius 3 is 2.66 bits per heavy atom. The van der Waals surface area contributed by atoms with Gasteiger partial charge in [-0.05, 0) is 43.8 Å².